The van der Waals surface area contributed by atoms with E-state index in [9.17, 15) is 17.6 Å². The van der Waals surface area contributed by atoms with Gasteiger partial charge < -0.3 is 0 Å². The summed E-state index contributed by atoms with van der Waals surface area (Å²) in [7, 11) is -3.58. The van der Waals surface area contributed by atoms with Crippen molar-refractivity contribution in [3.05, 3.63) is 94.1 Å². The van der Waals surface area contributed by atoms with Gasteiger partial charge in [-0.1, -0.05) is 48.9 Å². The Morgan fingerprint density at radius 1 is 1.00 bits per heavy atom. The van der Waals surface area contributed by atoms with Crippen LogP contribution in [0.1, 0.15) is 52.9 Å². The van der Waals surface area contributed by atoms with Crippen molar-refractivity contribution < 1.29 is 17.6 Å². The smallest absolute Gasteiger partial charge is 0.229 e. The van der Waals surface area contributed by atoms with Gasteiger partial charge in [0.1, 0.15) is 11.6 Å². The number of ketones is 1. The molecule has 0 aliphatic rings. The van der Waals surface area contributed by atoms with Crippen molar-refractivity contribution in [3.63, 3.8) is 0 Å². The SMILES string of the molecule is Cc1ccc(CCc2nc(C)ccc2CCC(=O)C(C)c2ccc(NS(C)(=O)=O)c(F)c2)cc1. The summed E-state index contributed by atoms with van der Waals surface area (Å²) in [6.07, 6.45) is 3.51. The van der Waals surface area contributed by atoms with Crippen LogP contribution in [0.4, 0.5) is 10.1 Å². The van der Waals surface area contributed by atoms with Gasteiger partial charge in [-0.2, -0.15) is 0 Å². The Hall–Kier alpha value is -3.06. The monoisotopic (exact) mass is 482 g/mol. The quantitative estimate of drug-likeness (QED) is 0.425. The van der Waals surface area contributed by atoms with E-state index in [4.69, 9.17) is 4.98 Å². The number of rotatable bonds is 10. The Kier molecular flexibility index (Phi) is 8.20. The van der Waals surface area contributed by atoms with E-state index in [1.54, 1.807) is 13.0 Å². The van der Waals surface area contributed by atoms with Crippen molar-refractivity contribution in [1.82, 2.24) is 4.98 Å². The molecule has 5 nitrogen and oxygen atoms in total. The molecule has 1 unspecified atom stereocenters. The Balaban J connectivity index is 1.66. The number of carbonyl (C=O) groups is 1. The van der Waals surface area contributed by atoms with Gasteiger partial charge in [0.05, 0.1) is 11.9 Å². The average molecular weight is 483 g/mol. The highest BCUT2D eigenvalue weighted by Crippen LogP contribution is 2.25. The van der Waals surface area contributed by atoms with E-state index in [1.807, 2.05) is 19.1 Å². The van der Waals surface area contributed by atoms with Crippen LogP contribution in [-0.2, 0) is 34.1 Å². The number of benzene rings is 2. The standard InChI is InChI=1S/C27H31FN2O3S/c1-18-5-8-21(9-6-18)10-14-25-22(11-7-19(2)29-25)13-16-27(31)20(3)23-12-15-26(24(28)17-23)30-34(4,32)33/h5-9,11-12,15,17,20,30H,10,13-14,16H2,1-4H3. The van der Waals surface area contributed by atoms with Crippen molar-refractivity contribution in [2.24, 2.45) is 0 Å². The number of halogens is 1. The molecule has 34 heavy (non-hydrogen) atoms. The van der Waals surface area contributed by atoms with Crippen LogP contribution in [0.15, 0.2) is 54.6 Å². The second-order valence-corrected chi connectivity index (χ2v) is 10.6. The van der Waals surface area contributed by atoms with E-state index in [0.717, 1.165) is 36.0 Å². The van der Waals surface area contributed by atoms with Crippen molar-refractivity contribution in [2.75, 3.05) is 11.0 Å². The normalized spacial score (nSPS) is 12.4. The van der Waals surface area contributed by atoms with Crippen LogP contribution in [0.25, 0.3) is 0 Å². The summed E-state index contributed by atoms with van der Waals surface area (Å²) < 4.78 is 39.2. The molecule has 1 aromatic heterocycles. The third-order valence-electron chi connectivity index (χ3n) is 5.89. The van der Waals surface area contributed by atoms with Crippen LogP contribution in [-0.4, -0.2) is 25.4 Å². The maximum absolute atomic E-state index is 14.3. The highest BCUT2D eigenvalue weighted by atomic mass is 32.2. The van der Waals surface area contributed by atoms with Gasteiger partial charge in [0.15, 0.2) is 0 Å². The molecule has 0 aliphatic heterocycles. The molecule has 2 aromatic carbocycles. The van der Waals surface area contributed by atoms with E-state index >= 15 is 0 Å². The highest BCUT2D eigenvalue weighted by Gasteiger charge is 2.18. The lowest BCUT2D eigenvalue weighted by Crippen LogP contribution is -2.13. The molecule has 3 aromatic rings. The number of nitrogens with one attached hydrogen (secondary N) is 1. The van der Waals surface area contributed by atoms with Gasteiger partial charge in [-0.25, -0.2) is 12.8 Å². The predicted molar refractivity (Wildman–Crippen MR) is 134 cm³/mol. The summed E-state index contributed by atoms with van der Waals surface area (Å²) in [6, 6.07) is 16.6. The molecule has 7 heteroatoms. The van der Waals surface area contributed by atoms with Gasteiger partial charge in [0.2, 0.25) is 10.0 Å². The molecule has 1 N–H and O–H groups in total. The topological polar surface area (TPSA) is 76.1 Å². The Morgan fingerprint density at radius 3 is 2.35 bits per heavy atom. The van der Waals surface area contributed by atoms with E-state index in [-0.39, 0.29) is 11.5 Å². The zero-order valence-corrected chi connectivity index (χ0v) is 20.9. The van der Waals surface area contributed by atoms with Gasteiger partial charge in [-0.15, -0.1) is 0 Å². The van der Waals surface area contributed by atoms with Gasteiger partial charge >= 0.3 is 0 Å². The van der Waals surface area contributed by atoms with Gasteiger partial charge in [-0.05, 0) is 68.0 Å². The number of anilines is 1. The van der Waals surface area contributed by atoms with E-state index in [2.05, 4.69) is 35.9 Å². The molecule has 1 atom stereocenters. The second kappa shape index (κ2) is 10.9. The Morgan fingerprint density at radius 2 is 1.71 bits per heavy atom. The fraction of sp³-hybridized carbons (Fsp3) is 0.333. The first-order valence-corrected chi connectivity index (χ1v) is 13.2. The largest absolute Gasteiger partial charge is 0.299 e. The third-order valence-corrected chi connectivity index (χ3v) is 6.48. The van der Waals surface area contributed by atoms with Gasteiger partial charge in [-0.3, -0.25) is 14.5 Å². The van der Waals surface area contributed by atoms with Crippen molar-refractivity contribution >= 4 is 21.5 Å². The number of pyridine rings is 1. The number of hydrogen-bond acceptors (Lipinski definition) is 4. The number of sulfonamides is 1. The molecule has 1 heterocycles. The van der Waals surface area contributed by atoms with Crippen LogP contribution < -0.4 is 4.72 Å². The molecule has 0 radical (unpaired) electrons. The predicted octanol–water partition coefficient (Wildman–Crippen LogP) is 5.30. The maximum atomic E-state index is 14.3. The van der Waals surface area contributed by atoms with Crippen molar-refractivity contribution in [1.29, 1.82) is 0 Å². The van der Waals surface area contributed by atoms with Crippen LogP contribution >= 0.6 is 0 Å². The first kappa shape index (κ1) is 25.6. The minimum Gasteiger partial charge on any atom is -0.299 e. The van der Waals surface area contributed by atoms with Crippen LogP contribution in [0, 0.1) is 19.7 Å². The number of Topliss-reactive ketones (excluding diaryl/α,β-unsaturated/α-hetero) is 1. The minimum absolute atomic E-state index is 0.00622. The first-order valence-electron chi connectivity index (χ1n) is 11.3. The summed E-state index contributed by atoms with van der Waals surface area (Å²) in [5.41, 5.74) is 5.87. The molecule has 0 amide bonds. The molecular formula is C27H31FN2O3S. The van der Waals surface area contributed by atoms with E-state index in [0.29, 0.717) is 18.4 Å². The summed E-state index contributed by atoms with van der Waals surface area (Å²) in [5, 5.41) is 0. The van der Waals surface area contributed by atoms with E-state index in [1.165, 1.54) is 23.3 Å². The van der Waals surface area contributed by atoms with Crippen molar-refractivity contribution in [3.8, 4) is 0 Å². The molecule has 0 saturated heterocycles. The first-order chi connectivity index (χ1) is 16.0. The highest BCUT2D eigenvalue weighted by molar-refractivity contribution is 7.92. The summed E-state index contributed by atoms with van der Waals surface area (Å²) in [4.78, 5) is 17.6. The number of aryl methyl sites for hydroxylation is 5. The molecule has 180 valence electrons. The zero-order chi connectivity index (χ0) is 24.9. The van der Waals surface area contributed by atoms with Crippen LogP contribution in [0.5, 0.6) is 0 Å². The maximum Gasteiger partial charge on any atom is 0.229 e. The zero-order valence-electron chi connectivity index (χ0n) is 20.1. The number of hydrogen-bond donors (Lipinski definition) is 1. The molecular weight excluding hydrogens is 451 g/mol. The Labute approximate surface area is 201 Å². The van der Waals surface area contributed by atoms with E-state index < -0.39 is 21.8 Å². The summed E-state index contributed by atoms with van der Waals surface area (Å²) in [5.74, 6) is -1.21. The molecule has 0 bridgehead atoms. The van der Waals surface area contributed by atoms with Crippen LogP contribution in [0.2, 0.25) is 0 Å². The lowest BCUT2D eigenvalue weighted by molar-refractivity contribution is -0.120. The number of aromatic nitrogens is 1. The second-order valence-electron chi connectivity index (χ2n) is 8.85. The summed E-state index contributed by atoms with van der Waals surface area (Å²) in [6.45, 7) is 5.77. The molecule has 3 rings (SSSR count). The minimum atomic E-state index is -3.58. The van der Waals surface area contributed by atoms with Crippen LogP contribution in [0.3, 0.4) is 0 Å². The fourth-order valence-corrected chi connectivity index (χ4v) is 4.41. The summed E-state index contributed by atoms with van der Waals surface area (Å²) >= 11 is 0. The lowest BCUT2D eigenvalue weighted by atomic mass is 9.92. The molecule has 0 spiro atoms. The fourth-order valence-electron chi connectivity index (χ4n) is 3.84. The van der Waals surface area contributed by atoms with Crippen molar-refractivity contribution in [2.45, 2.75) is 52.4 Å². The lowest BCUT2D eigenvalue weighted by Gasteiger charge is -2.14. The number of carbonyl (C=O) groups excluding carboxylic acids is 1. The molecule has 0 fully saturated rings. The van der Waals surface area contributed by atoms with Gasteiger partial charge in [0, 0.05) is 23.7 Å². The molecule has 0 saturated carbocycles. The third kappa shape index (κ3) is 7.22. The number of nitrogens with zero attached hydrogens (tertiary/aromatic N) is 1. The average Bonchev–Trinajstić information content (AvgIpc) is 2.78. The Bertz CT molecular complexity index is 1270. The van der Waals surface area contributed by atoms with Gasteiger partial charge in [0.25, 0.3) is 0 Å². The molecule has 0 aliphatic carbocycles.